The number of nitrogens with one attached hydrogen (secondary N) is 1. The van der Waals surface area contributed by atoms with Crippen LogP contribution in [0.2, 0.25) is 0 Å². The van der Waals surface area contributed by atoms with Gasteiger partial charge >= 0.3 is 0 Å². The largest absolute Gasteiger partial charge is 0.493 e. The molecule has 1 heterocycles. The SMILES string of the molecule is COc1ccc(C(C)(C)CNC(=O)[C@@H]2CC[C@H](CN)O2)cc1OC.Cl. The van der Waals surface area contributed by atoms with Crippen molar-refractivity contribution in [3.05, 3.63) is 23.8 Å². The Balaban J connectivity index is 0.00000312. The Morgan fingerprint density at radius 2 is 1.96 bits per heavy atom. The first-order chi connectivity index (χ1) is 11.4. The van der Waals surface area contributed by atoms with Crippen LogP contribution in [0.15, 0.2) is 18.2 Å². The van der Waals surface area contributed by atoms with Gasteiger partial charge in [0.15, 0.2) is 11.5 Å². The Labute approximate surface area is 155 Å². The van der Waals surface area contributed by atoms with Crippen LogP contribution in [-0.2, 0) is 14.9 Å². The molecule has 142 valence electrons. The highest BCUT2D eigenvalue weighted by Gasteiger charge is 2.31. The number of hydrogen-bond donors (Lipinski definition) is 2. The summed E-state index contributed by atoms with van der Waals surface area (Å²) in [6.45, 7) is 5.12. The van der Waals surface area contributed by atoms with Crippen molar-refractivity contribution in [3.8, 4) is 11.5 Å². The summed E-state index contributed by atoms with van der Waals surface area (Å²) >= 11 is 0. The van der Waals surface area contributed by atoms with Gasteiger partial charge in [0.2, 0.25) is 5.91 Å². The Kier molecular flexibility index (Phi) is 7.99. The number of carbonyl (C=O) groups excluding carboxylic acids is 1. The minimum absolute atomic E-state index is 0. The summed E-state index contributed by atoms with van der Waals surface area (Å²) in [7, 11) is 3.22. The molecule has 0 bridgehead atoms. The molecule has 1 aromatic carbocycles. The third-order valence-electron chi connectivity index (χ3n) is 4.53. The van der Waals surface area contributed by atoms with E-state index in [0.717, 1.165) is 18.4 Å². The molecule has 0 aromatic heterocycles. The summed E-state index contributed by atoms with van der Waals surface area (Å²) in [6.07, 6.45) is 1.18. The fourth-order valence-corrected chi connectivity index (χ4v) is 2.85. The van der Waals surface area contributed by atoms with Crippen LogP contribution in [0.1, 0.15) is 32.3 Å². The standard InChI is InChI=1S/C18H28N2O4.ClH/c1-18(2,12-5-7-14(22-3)16(9-12)23-4)11-20-17(21)15-8-6-13(10-19)24-15;/h5,7,9,13,15H,6,8,10-11,19H2,1-4H3,(H,20,21);1H/t13-,15+;/m1./s1. The molecule has 0 saturated carbocycles. The van der Waals surface area contributed by atoms with Crippen molar-refractivity contribution in [2.75, 3.05) is 27.3 Å². The maximum atomic E-state index is 12.3. The highest BCUT2D eigenvalue weighted by atomic mass is 35.5. The first-order valence-electron chi connectivity index (χ1n) is 8.27. The smallest absolute Gasteiger partial charge is 0.249 e. The summed E-state index contributed by atoms with van der Waals surface area (Å²) in [6, 6.07) is 5.81. The van der Waals surface area contributed by atoms with Gasteiger partial charge in [0.1, 0.15) is 6.10 Å². The van der Waals surface area contributed by atoms with Crippen molar-refractivity contribution in [1.82, 2.24) is 5.32 Å². The first kappa shape index (κ1) is 21.5. The minimum atomic E-state index is -0.389. The summed E-state index contributed by atoms with van der Waals surface area (Å²) in [5, 5.41) is 3.00. The van der Waals surface area contributed by atoms with Gasteiger partial charge in [-0.3, -0.25) is 4.79 Å². The maximum Gasteiger partial charge on any atom is 0.249 e. The Morgan fingerprint density at radius 1 is 1.28 bits per heavy atom. The summed E-state index contributed by atoms with van der Waals surface area (Å²) < 4.78 is 16.3. The predicted octanol–water partition coefficient (Wildman–Crippen LogP) is 2.03. The summed E-state index contributed by atoms with van der Waals surface area (Å²) in [4.78, 5) is 12.3. The van der Waals surface area contributed by atoms with E-state index in [4.69, 9.17) is 19.9 Å². The zero-order chi connectivity index (χ0) is 17.7. The van der Waals surface area contributed by atoms with Gasteiger partial charge in [-0.05, 0) is 30.5 Å². The van der Waals surface area contributed by atoms with Gasteiger partial charge in [-0.15, -0.1) is 12.4 Å². The fraction of sp³-hybridized carbons (Fsp3) is 0.611. The van der Waals surface area contributed by atoms with E-state index in [0.29, 0.717) is 24.6 Å². The lowest BCUT2D eigenvalue weighted by Gasteiger charge is -2.27. The van der Waals surface area contributed by atoms with Crippen molar-refractivity contribution < 1.29 is 19.0 Å². The second kappa shape index (κ2) is 9.27. The van der Waals surface area contributed by atoms with E-state index < -0.39 is 0 Å². The van der Waals surface area contributed by atoms with Gasteiger partial charge in [0, 0.05) is 18.5 Å². The molecule has 2 rings (SSSR count). The van der Waals surface area contributed by atoms with E-state index in [1.165, 1.54) is 0 Å². The predicted molar refractivity (Wildman–Crippen MR) is 99.8 cm³/mol. The number of halogens is 1. The zero-order valence-corrected chi connectivity index (χ0v) is 16.2. The van der Waals surface area contributed by atoms with Crippen LogP contribution in [0.5, 0.6) is 11.5 Å². The minimum Gasteiger partial charge on any atom is -0.493 e. The molecule has 0 aliphatic carbocycles. The zero-order valence-electron chi connectivity index (χ0n) is 15.3. The molecule has 3 N–H and O–H groups in total. The van der Waals surface area contributed by atoms with Crippen LogP contribution in [0, 0.1) is 0 Å². The molecule has 1 aliphatic rings. The van der Waals surface area contributed by atoms with Gasteiger partial charge in [0.05, 0.1) is 20.3 Å². The number of amides is 1. The number of carbonyl (C=O) groups is 1. The molecule has 0 radical (unpaired) electrons. The maximum absolute atomic E-state index is 12.3. The van der Waals surface area contributed by atoms with E-state index in [9.17, 15) is 4.79 Å². The molecule has 1 aromatic rings. The molecule has 7 heteroatoms. The van der Waals surface area contributed by atoms with Gasteiger partial charge in [0.25, 0.3) is 0 Å². The third kappa shape index (κ3) is 5.23. The highest BCUT2D eigenvalue weighted by molar-refractivity contribution is 5.85. The van der Waals surface area contributed by atoms with Crippen molar-refractivity contribution >= 4 is 18.3 Å². The number of methoxy groups -OCH3 is 2. The van der Waals surface area contributed by atoms with Crippen LogP contribution in [0.25, 0.3) is 0 Å². The molecule has 1 saturated heterocycles. The molecule has 2 atom stereocenters. The lowest BCUT2D eigenvalue weighted by atomic mass is 9.84. The molecule has 1 amide bonds. The lowest BCUT2D eigenvalue weighted by Crippen LogP contribution is -2.42. The number of ether oxygens (including phenoxy) is 3. The molecule has 1 aliphatic heterocycles. The topological polar surface area (TPSA) is 82.8 Å². The Morgan fingerprint density at radius 3 is 2.52 bits per heavy atom. The molecule has 0 unspecified atom stereocenters. The van der Waals surface area contributed by atoms with Gasteiger partial charge < -0.3 is 25.3 Å². The monoisotopic (exact) mass is 372 g/mol. The average Bonchev–Trinajstić information content (AvgIpc) is 3.08. The van der Waals surface area contributed by atoms with Crippen molar-refractivity contribution in [1.29, 1.82) is 0 Å². The fourth-order valence-electron chi connectivity index (χ4n) is 2.85. The molecular weight excluding hydrogens is 344 g/mol. The normalized spacial score (nSPS) is 19.9. The molecule has 1 fully saturated rings. The number of nitrogens with two attached hydrogens (primary N) is 1. The van der Waals surface area contributed by atoms with Crippen LogP contribution in [0.4, 0.5) is 0 Å². The first-order valence-corrected chi connectivity index (χ1v) is 8.27. The van der Waals surface area contributed by atoms with E-state index >= 15 is 0 Å². The van der Waals surface area contributed by atoms with Gasteiger partial charge in [-0.2, -0.15) is 0 Å². The van der Waals surface area contributed by atoms with Crippen LogP contribution >= 0.6 is 12.4 Å². The van der Waals surface area contributed by atoms with E-state index in [1.54, 1.807) is 14.2 Å². The highest BCUT2D eigenvalue weighted by Crippen LogP contribution is 2.33. The van der Waals surface area contributed by atoms with Crippen LogP contribution < -0.4 is 20.5 Å². The van der Waals surface area contributed by atoms with Crippen LogP contribution in [0.3, 0.4) is 0 Å². The van der Waals surface area contributed by atoms with Crippen LogP contribution in [-0.4, -0.2) is 45.4 Å². The molecule has 6 nitrogen and oxygen atoms in total. The van der Waals surface area contributed by atoms with Crippen molar-refractivity contribution in [2.24, 2.45) is 5.73 Å². The summed E-state index contributed by atoms with van der Waals surface area (Å²) in [5.74, 6) is 1.30. The average molecular weight is 373 g/mol. The van der Waals surface area contributed by atoms with Crippen molar-refractivity contribution in [2.45, 2.75) is 44.3 Å². The van der Waals surface area contributed by atoms with E-state index in [2.05, 4.69) is 19.2 Å². The van der Waals surface area contributed by atoms with Gasteiger partial charge in [-0.1, -0.05) is 19.9 Å². The lowest BCUT2D eigenvalue weighted by molar-refractivity contribution is -0.132. The Hall–Kier alpha value is -1.50. The molecule has 25 heavy (non-hydrogen) atoms. The van der Waals surface area contributed by atoms with E-state index in [1.807, 2.05) is 18.2 Å². The number of rotatable bonds is 7. The number of benzene rings is 1. The van der Waals surface area contributed by atoms with Crippen molar-refractivity contribution in [3.63, 3.8) is 0 Å². The molecule has 0 spiro atoms. The van der Waals surface area contributed by atoms with E-state index in [-0.39, 0.29) is 35.9 Å². The number of hydrogen-bond acceptors (Lipinski definition) is 5. The Bertz CT molecular complexity index is 580. The third-order valence-corrected chi connectivity index (χ3v) is 4.53. The summed E-state index contributed by atoms with van der Waals surface area (Å²) in [5.41, 5.74) is 6.40. The second-order valence-electron chi connectivity index (χ2n) is 6.73. The second-order valence-corrected chi connectivity index (χ2v) is 6.73. The molecular formula is C18H29ClN2O4. The van der Waals surface area contributed by atoms with Gasteiger partial charge in [-0.25, -0.2) is 0 Å². The quantitative estimate of drug-likeness (QED) is 0.765.